The summed E-state index contributed by atoms with van der Waals surface area (Å²) in [6.45, 7) is 2.27. The fourth-order valence-corrected chi connectivity index (χ4v) is 3.53. The number of amides is 4. The number of hydrogen-bond donors (Lipinski definition) is 1. The molecule has 0 atom stereocenters. The first-order chi connectivity index (χ1) is 13.5. The Balaban J connectivity index is 2.04. The minimum absolute atomic E-state index is 0.167. The molecule has 1 aromatic heterocycles. The Labute approximate surface area is 174 Å². The van der Waals surface area contributed by atoms with Crippen LogP contribution in [0.2, 0.25) is 0 Å². The van der Waals surface area contributed by atoms with Gasteiger partial charge in [0.2, 0.25) is 0 Å². The predicted octanol–water partition coefficient (Wildman–Crippen LogP) is 2.76. The fraction of sp³-hybridized carbons (Fsp3) is 0.158. The van der Waals surface area contributed by atoms with Gasteiger partial charge in [0, 0.05) is 12.4 Å². The molecule has 9 heteroatoms. The first-order valence-corrected chi connectivity index (χ1v) is 9.36. The molecule has 1 aliphatic heterocycles. The number of anilines is 1. The number of barbiturate groups is 1. The van der Waals surface area contributed by atoms with Gasteiger partial charge in [-0.1, -0.05) is 0 Å². The number of imide groups is 2. The van der Waals surface area contributed by atoms with Crippen molar-refractivity contribution in [2.45, 2.75) is 6.92 Å². The molecule has 0 spiro atoms. The molecule has 4 amide bonds. The van der Waals surface area contributed by atoms with Crippen molar-refractivity contribution in [2.24, 2.45) is 0 Å². The number of nitrogens with zero attached hydrogens (tertiary/aromatic N) is 2. The van der Waals surface area contributed by atoms with Gasteiger partial charge in [0.25, 0.3) is 11.8 Å². The Bertz CT molecular complexity index is 975. The van der Waals surface area contributed by atoms with Crippen LogP contribution in [0.1, 0.15) is 12.5 Å². The summed E-state index contributed by atoms with van der Waals surface area (Å²) in [5.41, 5.74) is 0.714. The molecule has 0 radical (unpaired) electrons. The van der Waals surface area contributed by atoms with Gasteiger partial charge in [-0.15, -0.1) is 0 Å². The number of benzene rings is 1. The number of carbonyl (C=O) groups excluding carboxylic acids is 3. The molecular weight excluding hydrogens is 477 g/mol. The van der Waals surface area contributed by atoms with Crippen LogP contribution < -0.4 is 19.7 Å². The third-order valence-electron chi connectivity index (χ3n) is 3.87. The Hall–Kier alpha value is -2.95. The summed E-state index contributed by atoms with van der Waals surface area (Å²) in [7, 11) is 1.54. The van der Waals surface area contributed by atoms with Gasteiger partial charge < -0.3 is 9.47 Å². The van der Waals surface area contributed by atoms with Crippen molar-refractivity contribution in [2.75, 3.05) is 18.6 Å². The van der Waals surface area contributed by atoms with Gasteiger partial charge in [0.1, 0.15) is 5.57 Å². The van der Waals surface area contributed by atoms with E-state index in [-0.39, 0.29) is 5.57 Å². The van der Waals surface area contributed by atoms with E-state index < -0.39 is 17.8 Å². The molecule has 2 aromatic rings. The van der Waals surface area contributed by atoms with Crippen LogP contribution in [0.5, 0.6) is 11.5 Å². The van der Waals surface area contributed by atoms with Crippen molar-refractivity contribution in [3.05, 3.63) is 51.4 Å². The molecule has 1 aromatic carbocycles. The summed E-state index contributed by atoms with van der Waals surface area (Å²) in [5.74, 6) is -0.417. The highest BCUT2D eigenvalue weighted by molar-refractivity contribution is 14.1. The topological polar surface area (TPSA) is 97.8 Å². The van der Waals surface area contributed by atoms with E-state index >= 15 is 0 Å². The molecule has 8 nitrogen and oxygen atoms in total. The molecular formula is C19H16IN3O5. The SMILES string of the molecule is CCOc1cc(/C=C2\C(=O)NC(=O)N(c3ccncc3)C2=O)cc(I)c1OC. The van der Waals surface area contributed by atoms with Crippen LogP contribution in [0.4, 0.5) is 10.5 Å². The van der Waals surface area contributed by atoms with E-state index in [2.05, 4.69) is 32.9 Å². The normalized spacial score (nSPS) is 15.6. The number of urea groups is 1. The first kappa shape index (κ1) is 19.8. The van der Waals surface area contributed by atoms with Crippen LogP contribution in [0, 0.1) is 3.57 Å². The molecule has 144 valence electrons. The highest BCUT2D eigenvalue weighted by atomic mass is 127. The van der Waals surface area contributed by atoms with E-state index in [0.29, 0.717) is 29.4 Å². The molecule has 1 N–H and O–H groups in total. The maximum absolute atomic E-state index is 12.9. The number of ether oxygens (including phenoxy) is 2. The lowest BCUT2D eigenvalue weighted by Crippen LogP contribution is -2.54. The molecule has 0 bridgehead atoms. The van der Waals surface area contributed by atoms with Crippen LogP contribution in [-0.4, -0.2) is 36.5 Å². The van der Waals surface area contributed by atoms with E-state index in [1.807, 2.05) is 6.92 Å². The maximum atomic E-state index is 12.9. The van der Waals surface area contributed by atoms with Crippen LogP contribution in [0.25, 0.3) is 6.08 Å². The summed E-state index contributed by atoms with van der Waals surface area (Å²) >= 11 is 2.08. The van der Waals surface area contributed by atoms with E-state index in [1.54, 1.807) is 12.1 Å². The van der Waals surface area contributed by atoms with Gasteiger partial charge in [-0.05, 0) is 65.4 Å². The molecule has 2 heterocycles. The minimum atomic E-state index is -0.808. The smallest absolute Gasteiger partial charge is 0.335 e. The quantitative estimate of drug-likeness (QED) is 0.391. The number of methoxy groups -OCH3 is 1. The van der Waals surface area contributed by atoms with Gasteiger partial charge >= 0.3 is 6.03 Å². The largest absolute Gasteiger partial charge is 0.492 e. The number of hydrogen-bond acceptors (Lipinski definition) is 6. The van der Waals surface area contributed by atoms with E-state index in [9.17, 15) is 14.4 Å². The zero-order valence-electron chi connectivity index (χ0n) is 15.1. The molecule has 1 fully saturated rings. The number of pyridine rings is 1. The Kier molecular flexibility index (Phi) is 5.93. The summed E-state index contributed by atoms with van der Waals surface area (Å²) in [5, 5.41) is 2.19. The summed E-state index contributed by atoms with van der Waals surface area (Å²) in [6.07, 6.45) is 4.33. The lowest BCUT2D eigenvalue weighted by Gasteiger charge is -2.26. The standard InChI is InChI=1S/C19H16IN3O5/c1-3-28-15-10-11(9-14(20)16(15)27-2)8-13-17(24)22-19(26)23(18(13)25)12-4-6-21-7-5-12/h4-10H,3H2,1-2H3,(H,22,24,26)/b13-8+. The van der Waals surface area contributed by atoms with E-state index in [0.717, 1.165) is 8.47 Å². The summed E-state index contributed by atoms with van der Waals surface area (Å²) in [6, 6.07) is 5.63. The number of carbonyl (C=O) groups is 3. The zero-order chi connectivity index (χ0) is 20.3. The summed E-state index contributed by atoms with van der Waals surface area (Å²) < 4.78 is 11.7. The molecule has 3 rings (SSSR count). The van der Waals surface area contributed by atoms with E-state index in [1.165, 1.54) is 37.7 Å². The molecule has 1 aliphatic rings. The molecule has 0 unspecified atom stereocenters. The highest BCUT2D eigenvalue weighted by Gasteiger charge is 2.36. The number of rotatable bonds is 5. The average Bonchev–Trinajstić information content (AvgIpc) is 2.66. The average molecular weight is 493 g/mol. The molecule has 0 aliphatic carbocycles. The van der Waals surface area contributed by atoms with Crippen molar-refractivity contribution >= 4 is 52.2 Å². The van der Waals surface area contributed by atoms with Crippen LogP contribution in [0.3, 0.4) is 0 Å². The summed E-state index contributed by atoms with van der Waals surface area (Å²) in [4.78, 5) is 42.1. The number of aromatic nitrogens is 1. The third-order valence-corrected chi connectivity index (χ3v) is 4.67. The van der Waals surface area contributed by atoms with Crippen molar-refractivity contribution < 1.29 is 23.9 Å². The van der Waals surface area contributed by atoms with Crippen molar-refractivity contribution in [3.63, 3.8) is 0 Å². The zero-order valence-corrected chi connectivity index (χ0v) is 17.2. The lowest BCUT2D eigenvalue weighted by atomic mass is 10.1. The maximum Gasteiger partial charge on any atom is 0.335 e. The van der Waals surface area contributed by atoms with Crippen LogP contribution in [0.15, 0.2) is 42.2 Å². The molecule has 28 heavy (non-hydrogen) atoms. The number of nitrogens with one attached hydrogen (secondary N) is 1. The van der Waals surface area contributed by atoms with Crippen LogP contribution >= 0.6 is 22.6 Å². The Morgan fingerprint density at radius 1 is 1.21 bits per heavy atom. The predicted molar refractivity (Wildman–Crippen MR) is 110 cm³/mol. The van der Waals surface area contributed by atoms with Crippen molar-refractivity contribution in [1.82, 2.24) is 10.3 Å². The van der Waals surface area contributed by atoms with Crippen molar-refractivity contribution in [1.29, 1.82) is 0 Å². The second-order valence-electron chi connectivity index (χ2n) is 5.63. The monoisotopic (exact) mass is 493 g/mol. The highest BCUT2D eigenvalue weighted by Crippen LogP contribution is 2.35. The minimum Gasteiger partial charge on any atom is -0.492 e. The first-order valence-electron chi connectivity index (χ1n) is 8.28. The fourth-order valence-electron chi connectivity index (χ4n) is 2.68. The van der Waals surface area contributed by atoms with Gasteiger partial charge in [-0.25, -0.2) is 9.69 Å². The molecule has 1 saturated heterocycles. The van der Waals surface area contributed by atoms with Crippen LogP contribution in [-0.2, 0) is 9.59 Å². The van der Waals surface area contributed by atoms with Gasteiger partial charge in [0.05, 0.1) is 23.0 Å². The Morgan fingerprint density at radius 3 is 2.57 bits per heavy atom. The second-order valence-corrected chi connectivity index (χ2v) is 6.79. The van der Waals surface area contributed by atoms with Gasteiger partial charge in [-0.2, -0.15) is 0 Å². The lowest BCUT2D eigenvalue weighted by molar-refractivity contribution is -0.122. The van der Waals surface area contributed by atoms with Gasteiger partial charge in [-0.3, -0.25) is 19.9 Å². The van der Waals surface area contributed by atoms with Gasteiger partial charge in [0.15, 0.2) is 11.5 Å². The molecule has 0 saturated carbocycles. The van der Waals surface area contributed by atoms with Crippen molar-refractivity contribution in [3.8, 4) is 11.5 Å². The van der Waals surface area contributed by atoms with E-state index in [4.69, 9.17) is 9.47 Å². The second kappa shape index (κ2) is 8.38. The third kappa shape index (κ3) is 3.84. The Morgan fingerprint density at radius 2 is 1.93 bits per heavy atom. The number of halogens is 1.